The van der Waals surface area contributed by atoms with E-state index in [1.165, 1.54) is 70.6 Å². The Balaban J connectivity index is -0.000000115. The summed E-state index contributed by atoms with van der Waals surface area (Å²) in [5.74, 6) is 0. The van der Waals surface area contributed by atoms with Crippen molar-refractivity contribution in [1.82, 2.24) is 5.32 Å². The summed E-state index contributed by atoms with van der Waals surface area (Å²) in [5.41, 5.74) is 0. The van der Waals surface area contributed by atoms with Crippen LogP contribution in [0, 0.1) is 0 Å². The van der Waals surface area contributed by atoms with Crippen molar-refractivity contribution < 1.29 is 23.7 Å². The van der Waals surface area contributed by atoms with E-state index in [0.717, 1.165) is 65.9 Å². The molecule has 0 aromatic rings. The van der Waals surface area contributed by atoms with Crippen molar-refractivity contribution in [3.8, 4) is 0 Å². The fraction of sp³-hybridized carbons (Fsp3) is 1.00. The third-order valence-corrected chi connectivity index (χ3v) is 5.21. The lowest BCUT2D eigenvalue weighted by Crippen LogP contribution is -2.30. The van der Waals surface area contributed by atoms with Crippen LogP contribution in [0.15, 0.2) is 0 Å². The summed E-state index contributed by atoms with van der Waals surface area (Å²) >= 11 is 0. The maximum Gasteiger partial charge on any atom is 0.0591 e. The highest BCUT2D eigenvalue weighted by Gasteiger charge is 2.10. The highest BCUT2D eigenvalue weighted by atomic mass is 16.5. The largest absolute Gasteiger partial charge is 0.381 e. The zero-order valence-electron chi connectivity index (χ0n) is 29.0. The second-order valence-electron chi connectivity index (χ2n) is 7.82. The molecule has 4 saturated heterocycles. The normalized spacial score (nSPS) is 18.5. The third-order valence-electron chi connectivity index (χ3n) is 5.21. The van der Waals surface area contributed by atoms with E-state index < -0.39 is 0 Å². The van der Waals surface area contributed by atoms with Crippen LogP contribution in [0.25, 0.3) is 0 Å². The van der Waals surface area contributed by atoms with Gasteiger partial charge in [0.15, 0.2) is 0 Å². The van der Waals surface area contributed by atoms with E-state index >= 15 is 0 Å². The van der Waals surface area contributed by atoms with Crippen LogP contribution >= 0.6 is 0 Å². The van der Waals surface area contributed by atoms with Crippen molar-refractivity contribution in [2.45, 2.75) is 146 Å². The Bertz CT molecular complexity index is 254. The van der Waals surface area contributed by atoms with Crippen molar-refractivity contribution in [1.29, 1.82) is 0 Å². The summed E-state index contributed by atoms with van der Waals surface area (Å²) in [6.07, 6.45) is 15.1. The molecule has 4 aliphatic heterocycles. The number of rotatable bonds is 1. The number of hydrogen-bond acceptors (Lipinski definition) is 6. The Morgan fingerprint density at radius 1 is 0.410 bits per heavy atom. The van der Waals surface area contributed by atoms with Crippen LogP contribution in [-0.2, 0) is 23.7 Å². The average Bonchev–Trinajstić information content (AvgIpc) is 3.65. The molecule has 5 fully saturated rings. The minimum Gasteiger partial charge on any atom is -0.381 e. The van der Waals surface area contributed by atoms with E-state index in [-0.39, 0.29) is 0 Å². The minimum atomic E-state index is 0.587. The highest BCUT2D eigenvalue weighted by molar-refractivity contribution is 4.63. The number of nitrogens with one attached hydrogen (secondary N) is 1. The zero-order valence-corrected chi connectivity index (χ0v) is 29.0. The summed E-state index contributed by atoms with van der Waals surface area (Å²) in [5, 5.41) is 3.16. The second-order valence-corrected chi connectivity index (χ2v) is 7.82. The molecule has 1 aliphatic carbocycles. The van der Waals surface area contributed by atoms with Crippen LogP contribution in [0.2, 0.25) is 0 Å². The molecule has 4 heterocycles. The molecule has 5 rings (SSSR count). The van der Waals surface area contributed by atoms with Crippen LogP contribution in [0.3, 0.4) is 0 Å². The summed E-state index contributed by atoms with van der Waals surface area (Å²) < 4.78 is 24.9. The van der Waals surface area contributed by atoms with Gasteiger partial charge in [-0.25, -0.2) is 0 Å². The number of morpholine rings is 1. The molecule has 0 unspecified atom stereocenters. The van der Waals surface area contributed by atoms with E-state index in [1.54, 1.807) is 0 Å². The van der Waals surface area contributed by atoms with Crippen LogP contribution in [0.4, 0.5) is 0 Å². The molecule has 244 valence electrons. The molecule has 0 amide bonds. The standard InChI is InChI=1S/C7H14O.C5H10O.C4H9NO.C4H8O.C3H6O.5C2H6/c1-8-7-5-3-2-4-6-7;1-2-4-6-5-3-1;1-3-6-4-2-5-1;1-2-4-5-3-1;1-2-4-3-1;5*1-2/h7H,2-6H2,1H3;1-5H2;5H,1-4H2;1-4H2;1-3H2;5*1-2H3. The maximum absolute atomic E-state index is 5.19. The lowest BCUT2D eigenvalue weighted by Gasteiger charge is -2.19. The zero-order chi connectivity index (χ0) is 30.7. The fourth-order valence-corrected chi connectivity index (χ4v) is 3.16. The summed E-state index contributed by atoms with van der Waals surface area (Å²) in [4.78, 5) is 0. The van der Waals surface area contributed by atoms with Gasteiger partial charge in [0.2, 0.25) is 0 Å². The molecule has 0 bridgehead atoms. The molecule has 1 N–H and O–H groups in total. The topological polar surface area (TPSA) is 58.2 Å². The Labute approximate surface area is 248 Å². The first-order valence-corrected chi connectivity index (χ1v) is 17.0. The molecule has 0 atom stereocenters. The molecule has 5 aliphatic rings. The first-order chi connectivity index (χ1) is 19.4. The van der Waals surface area contributed by atoms with E-state index in [2.05, 4.69) is 5.32 Å². The quantitative estimate of drug-likeness (QED) is 0.341. The average molecular weight is 568 g/mol. The van der Waals surface area contributed by atoms with Gasteiger partial charge in [0, 0.05) is 59.8 Å². The number of ether oxygens (including phenoxy) is 5. The monoisotopic (exact) mass is 568 g/mol. The molecular weight excluding hydrogens is 490 g/mol. The van der Waals surface area contributed by atoms with Crippen LogP contribution in [-0.4, -0.2) is 79.2 Å². The molecular formula is C33H77NO5. The predicted molar refractivity (Wildman–Crippen MR) is 174 cm³/mol. The maximum atomic E-state index is 5.19. The van der Waals surface area contributed by atoms with Crippen LogP contribution in [0.1, 0.15) is 140 Å². The van der Waals surface area contributed by atoms with Crippen LogP contribution < -0.4 is 5.32 Å². The molecule has 6 nitrogen and oxygen atoms in total. The van der Waals surface area contributed by atoms with Gasteiger partial charge < -0.3 is 29.0 Å². The molecule has 0 spiro atoms. The summed E-state index contributed by atoms with van der Waals surface area (Å²) in [7, 11) is 1.82. The molecule has 6 heteroatoms. The molecule has 1 saturated carbocycles. The Kier molecular flexibility index (Phi) is 71.6. The van der Waals surface area contributed by atoms with Crippen molar-refractivity contribution in [2.75, 3.05) is 73.1 Å². The molecule has 39 heavy (non-hydrogen) atoms. The van der Waals surface area contributed by atoms with Crippen LogP contribution in [0.5, 0.6) is 0 Å². The van der Waals surface area contributed by atoms with E-state index in [0.29, 0.717) is 6.10 Å². The van der Waals surface area contributed by atoms with E-state index in [4.69, 9.17) is 23.7 Å². The van der Waals surface area contributed by atoms with Gasteiger partial charge in [0.05, 0.1) is 19.3 Å². The van der Waals surface area contributed by atoms with Gasteiger partial charge in [0.25, 0.3) is 0 Å². The van der Waals surface area contributed by atoms with Gasteiger partial charge in [-0.15, -0.1) is 0 Å². The smallest absolute Gasteiger partial charge is 0.0591 e. The van der Waals surface area contributed by atoms with Gasteiger partial charge in [-0.05, 0) is 51.4 Å². The van der Waals surface area contributed by atoms with Crippen molar-refractivity contribution in [3.05, 3.63) is 0 Å². The SMILES string of the molecule is C1CCOC1.C1CCOCC1.C1COC1.C1COCCN1.CC.CC.CC.CC.CC.COC1CCCCC1. The molecule has 0 aromatic carbocycles. The minimum absolute atomic E-state index is 0.587. The summed E-state index contributed by atoms with van der Waals surface area (Å²) in [6.45, 7) is 29.8. The lowest BCUT2D eigenvalue weighted by molar-refractivity contribution is 0.0367. The van der Waals surface area contributed by atoms with Crippen molar-refractivity contribution in [3.63, 3.8) is 0 Å². The molecule has 0 aromatic heterocycles. The van der Waals surface area contributed by atoms with Crippen molar-refractivity contribution in [2.24, 2.45) is 0 Å². The third kappa shape index (κ3) is 51.0. The lowest BCUT2D eigenvalue weighted by atomic mass is 9.98. The number of methoxy groups -OCH3 is 1. The first kappa shape index (κ1) is 48.5. The Hall–Kier alpha value is -0.240. The van der Waals surface area contributed by atoms with Gasteiger partial charge in [0.1, 0.15) is 0 Å². The highest BCUT2D eigenvalue weighted by Crippen LogP contribution is 2.19. The number of hydrogen-bond donors (Lipinski definition) is 1. The second kappa shape index (κ2) is 57.6. The first-order valence-electron chi connectivity index (χ1n) is 17.0. The van der Waals surface area contributed by atoms with E-state index in [9.17, 15) is 0 Å². The predicted octanol–water partition coefficient (Wildman–Crippen LogP) is 9.09. The van der Waals surface area contributed by atoms with Gasteiger partial charge in [-0.3, -0.25) is 0 Å². The van der Waals surface area contributed by atoms with E-state index in [1.807, 2.05) is 76.3 Å². The van der Waals surface area contributed by atoms with Gasteiger partial charge in [-0.2, -0.15) is 0 Å². The Morgan fingerprint density at radius 2 is 0.718 bits per heavy atom. The van der Waals surface area contributed by atoms with Gasteiger partial charge >= 0.3 is 0 Å². The van der Waals surface area contributed by atoms with Crippen molar-refractivity contribution >= 4 is 0 Å². The summed E-state index contributed by atoms with van der Waals surface area (Å²) in [6, 6.07) is 0. The van der Waals surface area contributed by atoms with Gasteiger partial charge in [-0.1, -0.05) is 88.5 Å². The fourth-order valence-electron chi connectivity index (χ4n) is 3.16. The molecule has 0 radical (unpaired) electrons. The Morgan fingerprint density at radius 3 is 0.872 bits per heavy atom.